The third kappa shape index (κ3) is 5.02. The molecule has 1 aromatic rings. The molecule has 0 spiro atoms. The van der Waals surface area contributed by atoms with Crippen LogP contribution in [0.1, 0.15) is 20.3 Å². The average molecular weight is 301 g/mol. The zero-order chi connectivity index (χ0) is 16.0. The summed E-state index contributed by atoms with van der Waals surface area (Å²) in [6, 6.07) is 2.92. The Balaban J connectivity index is 2.75. The Morgan fingerprint density at radius 1 is 1.33 bits per heavy atom. The van der Waals surface area contributed by atoms with Crippen molar-refractivity contribution >= 4 is 11.9 Å². The number of hydrogen-bond acceptors (Lipinski definition) is 3. The van der Waals surface area contributed by atoms with Crippen molar-refractivity contribution in [2.45, 2.75) is 26.4 Å². The van der Waals surface area contributed by atoms with Crippen molar-refractivity contribution in [3.63, 3.8) is 0 Å². The van der Waals surface area contributed by atoms with Gasteiger partial charge in [0.2, 0.25) is 0 Å². The van der Waals surface area contributed by atoms with Crippen LogP contribution in [0.25, 0.3) is 0 Å². The minimum absolute atomic E-state index is 0.00141. The number of aliphatic carboxylic acids is 1. The largest absolute Gasteiger partial charge is 0.481 e. The highest BCUT2D eigenvalue weighted by molar-refractivity contribution is 5.84. The lowest BCUT2D eigenvalue weighted by Gasteiger charge is -2.24. The van der Waals surface area contributed by atoms with E-state index in [1.165, 1.54) is 13.0 Å². The molecule has 0 aromatic heterocycles. The molecule has 1 rings (SSSR count). The number of amides is 1. The van der Waals surface area contributed by atoms with Gasteiger partial charge in [0.1, 0.15) is 12.3 Å². The molecule has 0 radical (unpaired) electrons. The van der Waals surface area contributed by atoms with E-state index in [0.717, 1.165) is 17.0 Å². The van der Waals surface area contributed by atoms with E-state index in [1.54, 1.807) is 0 Å². The van der Waals surface area contributed by atoms with Crippen LogP contribution in [-0.4, -0.2) is 41.1 Å². The van der Waals surface area contributed by atoms with Crippen LogP contribution >= 0.6 is 0 Å². The van der Waals surface area contributed by atoms with Gasteiger partial charge in [-0.1, -0.05) is 6.92 Å². The number of hydrogen-bond donors (Lipinski definition) is 1. The Kier molecular flexibility index (Phi) is 6.08. The maximum Gasteiger partial charge on any atom is 0.323 e. The highest BCUT2D eigenvalue weighted by Crippen LogP contribution is 2.17. The topological polar surface area (TPSA) is 66.8 Å². The molecule has 0 aliphatic carbocycles. The lowest BCUT2D eigenvalue weighted by atomic mass is 10.3. The number of carboxylic acids is 1. The molecule has 1 N–H and O–H groups in total. The molecule has 21 heavy (non-hydrogen) atoms. The molecule has 0 heterocycles. The first-order valence-electron chi connectivity index (χ1n) is 6.47. The van der Waals surface area contributed by atoms with E-state index >= 15 is 0 Å². The molecule has 0 saturated heterocycles. The molecule has 0 aliphatic rings. The second kappa shape index (κ2) is 7.56. The number of carbonyl (C=O) groups is 2. The third-order valence-electron chi connectivity index (χ3n) is 2.68. The van der Waals surface area contributed by atoms with Crippen LogP contribution in [0.15, 0.2) is 18.2 Å². The number of rotatable bonds is 7. The van der Waals surface area contributed by atoms with Gasteiger partial charge in [-0.05, 0) is 25.5 Å². The van der Waals surface area contributed by atoms with Crippen LogP contribution in [0.2, 0.25) is 0 Å². The minimum Gasteiger partial charge on any atom is -0.481 e. The molecular weight excluding hydrogens is 284 g/mol. The summed E-state index contributed by atoms with van der Waals surface area (Å²) in [5.41, 5.74) is 0. The van der Waals surface area contributed by atoms with E-state index in [2.05, 4.69) is 0 Å². The third-order valence-corrected chi connectivity index (χ3v) is 2.68. The molecule has 1 atom stereocenters. The van der Waals surface area contributed by atoms with Crippen molar-refractivity contribution in [2.24, 2.45) is 0 Å². The van der Waals surface area contributed by atoms with Gasteiger partial charge < -0.3 is 14.7 Å². The van der Waals surface area contributed by atoms with Crippen LogP contribution in [0.5, 0.6) is 5.75 Å². The normalized spacial score (nSPS) is 11.8. The molecule has 0 aliphatic heterocycles. The molecule has 5 nitrogen and oxygen atoms in total. The molecule has 0 bridgehead atoms. The van der Waals surface area contributed by atoms with E-state index in [9.17, 15) is 18.4 Å². The Bertz CT molecular complexity index is 522. The zero-order valence-corrected chi connectivity index (χ0v) is 11.8. The quantitative estimate of drug-likeness (QED) is 0.837. The summed E-state index contributed by atoms with van der Waals surface area (Å²) in [7, 11) is 0. The van der Waals surface area contributed by atoms with Gasteiger partial charge in [-0.15, -0.1) is 0 Å². The summed E-state index contributed by atoms with van der Waals surface area (Å²) >= 11 is 0. The summed E-state index contributed by atoms with van der Waals surface area (Å²) in [6.07, 6.45) is -0.405. The summed E-state index contributed by atoms with van der Waals surface area (Å²) in [5.74, 6) is -3.75. The maximum absolute atomic E-state index is 13.1. The highest BCUT2D eigenvalue weighted by Gasteiger charge is 2.23. The number of carboxylic acid groups (broad SMARTS) is 1. The Morgan fingerprint density at radius 3 is 2.52 bits per heavy atom. The van der Waals surface area contributed by atoms with Crippen molar-refractivity contribution in [1.82, 2.24) is 4.90 Å². The van der Waals surface area contributed by atoms with Crippen molar-refractivity contribution < 1.29 is 28.2 Å². The van der Waals surface area contributed by atoms with E-state index in [1.807, 2.05) is 6.92 Å². The second-order valence-electron chi connectivity index (χ2n) is 4.49. The molecule has 1 amide bonds. The number of ether oxygens (including phenoxy) is 1. The summed E-state index contributed by atoms with van der Waals surface area (Å²) < 4.78 is 31.1. The van der Waals surface area contributed by atoms with Crippen molar-refractivity contribution in [2.75, 3.05) is 13.1 Å². The second-order valence-corrected chi connectivity index (χ2v) is 4.49. The van der Waals surface area contributed by atoms with Crippen LogP contribution in [0.3, 0.4) is 0 Å². The highest BCUT2D eigenvalue weighted by atomic mass is 19.2. The van der Waals surface area contributed by atoms with Gasteiger partial charge in [0.15, 0.2) is 17.7 Å². The molecule has 0 fully saturated rings. The fourth-order valence-electron chi connectivity index (χ4n) is 1.76. The fraction of sp³-hybridized carbons (Fsp3) is 0.429. The number of nitrogens with zero attached hydrogens (tertiary/aromatic N) is 1. The van der Waals surface area contributed by atoms with Crippen LogP contribution in [0.4, 0.5) is 8.78 Å². The van der Waals surface area contributed by atoms with Crippen molar-refractivity contribution in [3.05, 3.63) is 29.8 Å². The summed E-state index contributed by atoms with van der Waals surface area (Å²) in [5, 5.41) is 8.77. The monoisotopic (exact) mass is 301 g/mol. The molecule has 1 unspecified atom stereocenters. The first kappa shape index (κ1) is 16.9. The molecule has 7 heteroatoms. The predicted octanol–water partition coefficient (Wildman–Crippen LogP) is 2.06. The standard InChI is InChI=1S/C14H17F2NO4/c1-3-6-17(8-13(18)19)14(20)9(2)21-10-4-5-11(15)12(16)7-10/h4-5,7,9H,3,6,8H2,1-2H3,(H,18,19). The lowest BCUT2D eigenvalue weighted by Crippen LogP contribution is -2.43. The number of benzene rings is 1. The van der Waals surface area contributed by atoms with Gasteiger partial charge in [0, 0.05) is 12.6 Å². The van der Waals surface area contributed by atoms with Gasteiger partial charge in [0.25, 0.3) is 5.91 Å². The lowest BCUT2D eigenvalue weighted by molar-refractivity contribution is -0.147. The van der Waals surface area contributed by atoms with Gasteiger partial charge in [-0.3, -0.25) is 9.59 Å². The summed E-state index contributed by atoms with van der Waals surface area (Å²) in [6.45, 7) is 3.08. The molecule has 0 saturated carbocycles. The fourth-order valence-corrected chi connectivity index (χ4v) is 1.76. The van der Waals surface area contributed by atoms with E-state index in [0.29, 0.717) is 6.42 Å². The van der Waals surface area contributed by atoms with Crippen LogP contribution < -0.4 is 4.74 Å². The molecule has 1 aromatic carbocycles. The summed E-state index contributed by atoms with van der Waals surface area (Å²) in [4.78, 5) is 24.0. The van der Waals surface area contributed by atoms with E-state index in [4.69, 9.17) is 9.84 Å². The van der Waals surface area contributed by atoms with Crippen LogP contribution in [-0.2, 0) is 9.59 Å². The Labute approximate surface area is 121 Å². The van der Waals surface area contributed by atoms with Crippen LogP contribution in [0, 0.1) is 11.6 Å². The first-order valence-corrected chi connectivity index (χ1v) is 6.47. The molecule has 116 valence electrons. The minimum atomic E-state index is -1.13. The van der Waals surface area contributed by atoms with Crippen molar-refractivity contribution in [3.8, 4) is 5.75 Å². The number of carbonyl (C=O) groups excluding carboxylic acids is 1. The zero-order valence-electron chi connectivity index (χ0n) is 11.8. The van der Waals surface area contributed by atoms with Gasteiger partial charge in [-0.2, -0.15) is 0 Å². The number of halogens is 2. The predicted molar refractivity (Wildman–Crippen MR) is 71.0 cm³/mol. The first-order chi connectivity index (χ1) is 9.85. The van der Waals surface area contributed by atoms with Crippen molar-refractivity contribution in [1.29, 1.82) is 0 Å². The Hall–Kier alpha value is -2.18. The van der Waals surface area contributed by atoms with E-state index < -0.39 is 36.2 Å². The Morgan fingerprint density at radius 2 is 2.00 bits per heavy atom. The smallest absolute Gasteiger partial charge is 0.323 e. The molecular formula is C14H17F2NO4. The van der Waals surface area contributed by atoms with Gasteiger partial charge in [0.05, 0.1) is 0 Å². The average Bonchev–Trinajstić information content (AvgIpc) is 2.41. The van der Waals surface area contributed by atoms with Gasteiger partial charge >= 0.3 is 5.97 Å². The van der Waals surface area contributed by atoms with E-state index in [-0.39, 0.29) is 12.3 Å². The van der Waals surface area contributed by atoms with Gasteiger partial charge in [-0.25, -0.2) is 8.78 Å². The maximum atomic E-state index is 13.1. The SMILES string of the molecule is CCCN(CC(=O)O)C(=O)C(C)Oc1ccc(F)c(F)c1.